The Labute approximate surface area is 172 Å². The average molecular weight is 400 g/mol. The summed E-state index contributed by atoms with van der Waals surface area (Å²) in [5, 5.41) is 8.41. The van der Waals surface area contributed by atoms with Crippen molar-refractivity contribution in [2.45, 2.75) is 12.5 Å². The first-order valence-electron chi connectivity index (χ1n) is 10.0. The van der Waals surface area contributed by atoms with E-state index >= 15 is 0 Å². The fourth-order valence-electron chi connectivity index (χ4n) is 4.62. The third-order valence-electron chi connectivity index (χ3n) is 6.17. The second-order valence-corrected chi connectivity index (χ2v) is 7.90. The molecular weight excluding hydrogens is 380 g/mol. The number of amides is 1. The maximum Gasteiger partial charge on any atom is 0.256 e. The largest absolute Gasteiger partial charge is 0.497 e. The molecule has 150 valence electrons. The van der Waals surface area contributed by atoms with Crippen LogP contribution in [0.25, 0.3) is 16.7 Å². The number of hydrogen-bond donors (Lipinski definition) is 1. The number of benzene rings is 2. The van der Waals surface area contributed by atoms with Gasteiger partial charge < -0.3 is 14.6 Å². The third kappa shape index (κ3) is 2.60. The Kier molecular flexibility index (Phi) is 3.68. The average Bonchev–Trinajstić information content (AvgIpc) is 3.19. The molecule has 1 amide bonds. The van der Waals surface area contributed by atoms with Gasteiger partial charge >= 0.3 is 0 Å². The number of rotatable bonds is 4. The standard InChI is InChI=1S/C22H20N6O2/c1-30-14-6-7-17-18(11-14)26-21(25-17)20-16-10-13(16)12-27(20)22(29)15-4-2-3-5-19(15)28-23-8-9-24-28/h2-9,11,13,16,20H,10,12H2,1H3,(H,25,26)/t13-,16-,20-/m0/s1. The number of aromatic amines is 1. The van der Waals surface area contributed by atoms with E-state index < -0.39 is 0 Å². The molecule has 1 saturated carbocycles. The lowest BCUT2D eigenvalue weighted by molar-refractivity contribution is 0.0698. The van der Waals surface area contributed by atoms with E-state index in [0.717, 1.165) is 35.6 Å². The Bertz CT molecular complexity index is 1250. The van der Waals surface area contributed by atoms with E-state index in [9.17, 15) is 4.79 Å². The number of likely N-dealkylation sites (tertiary alicyclic amines) is 1. The fourth-order valence-corrected chi connectivity index (χ4v) is 4.62. The number of imidazole rings is 1. The second-order valence-electron chi connectivity index (χ2n) is 7.90. The van der Waals surface area contributed by atoms with Gasteiger partial charge in [0.1, 0.15) is 11.6 Å². The predicted octanol–water partition coefficient (Wildman–Crippen LogP) is 2.99. The quantitative estimate of drug-likeness (QED) is 0.569. The van der Waals surface area contributed by atoms with Crippen LogP contribution in [-0.2, 0) is 0 Å². The zero-order chi connectivity index (χ0) is 20.2. The summed E-state index contributed by atoms with van der Waals surface area (Å²) in [6.45, 7) is 0.745. The van der Waals surface area contributed by atoms with Gasteiger partial charge in [-0.2, -0.15) is 15.0 Å². The molecule has 1 saturated heterocycles. The molecule has 8 nitrogen and oxygen atoms in total. The van der Waals surface area contributed by atoms with E-state index in [0.29, 0.717) is 23.1 Å². The maximum atomic E-state index is 13.6. The zero-order valence-corrected chi connectivity index (χ0v) is 16.4. The number of ether oxygens (including phenoxy) is 1. The molecule has 0 bridgehead atoms. The van der Waals surface area contributed by atoms with Gasteiger partial charge in [0.2, 0.25) is 0 Å². The highest BCUT2D eigenvalue weighted by Crippen LogP contribution is 2.56. The van der Waals surface area contributed by atoms with Crippen molar-refractivity contribution < 1.29 is 9.53 Å². The number of para-hydroxylation sites is 1. The van der Waals surface area contributed by atoms with E-state index in [1.54, 1.807) is 19.5 Å². The SMILES string of the molecule is COc1ccc2nc([C@@H]3[C@H]4C[C@H]4CN3C(=O)c3ccccc3-n3nccn3)[nH]c2c1. The number of methoxy groups -OCH3 is 1. The first kappa shape index (κ1) is 17.2. The molecule has 1 aliphatic heterocycles. The first-order chi connectivity index (χ1) is 14.7. The van der Waals surface area contributed by atoms with Crippen molar-refractivity contribution in [1.82, 2.24) is 29.9 Å². The van der Waals surface area contributed by atoms with Crippen LogP contribution in [0.2, 0.25) is 0 Å². The van der Waals surface area contributed by atoms with Gasteiger partial charge in [-0.25, -0.2) is 4.98 Å². The lowest BCUT2D eigenvalue weighted by Gasteiger charge is -2.27. The van der Waals surface area contributed by atoms with Gasteiger partial charge in [-0.15, -0.1) is 0 Å². The number of carbonyl (C=O) groups is 1. The number of piperidine rings is 1. The van der Waals surface area contributed by atoms with Crippen molar-refractivity contribution >= 4 is 16.9 Å². The number of carbonyl (C=O) groups excluding carboxylic acids is 1. The van der Waals surface area contributed by atoms with Gasteiger partial charge in [0, 0.05) is 12.6 Å². The number of fused-ring (bicyclic) bond motifs is 2. The Morgan fingerprint density at radius 2 is 2.00 bits per heavy atom. The molecular formula is C22H20N6O2. The van der Waals surface area contributed by atoms with Crippen LogP contribution in [0, 0.1) is 11.8 Å². The smallest absolute Gasteiger partial charge is 0.256 e. The molecule has 0 radical (unpaired) electrons. The van der Waals surface area contributed by atoms with Crippen molar-refractivity contribution in [3.05, 3.63) is 66.2 Å². The third-order valence-corrected chi connectivity index (χ3v) is 6.17. The lowest BCUT2D eigenvalue weighted by atomic mass is 10.1. The Balaban J connectivity index is 1.38. The monoisotopic (exact) mass is 400 g/mol. The van der Waals surface area contributed by atoms with Crippen LogP contribution in [-0.4, -0.2) is 49.4 Å². The maximum absolute atomic E-state index is 13.6. The summed E-state index contributed by atoms with van der Waals surface area (Å²) in [6.07, 6.45) is 4.35. The van der Waals surface area contributed by atoms with Crippen LogP contribution in [0.3, 0.4) is 0 Å². The first-order valence-corrected chi connectivity index (χ1v) is 10.0. The summed E-state index contributed by atoms with van der Waals surface area (Å²) in [5.41, 5.74) is 3.07. The van der Waals surface area contributed by atoms with E-state index in [1.807, 2.05) is 47.4 Å². The summed E-state index contributed by atoms with van der Waals surface area (Å²) < 4.78 is 5.33. The van der Waals surface area contributed by atoms with E-state index in [4.69, 9.17) is 9.72 Å². The zero-order valence-electron chi connectivity index (χ0n) is 16.4. The summed E-state index contributed by atoms with van der Waals surface area (Å²) >= 11 is 0. The van der Waals surface area contributed by atoms with Gasteiger partial charge in [0.05, 0.1) is 47.8 Å². The molecule has 2 aromatic heterocycles. The molecule has 2 aliphatic rings. The molecule has 1 N–H and O–H groups in total. The fraction of sp³-hybridized carbons (Fsp3) is 0.273. The van der Waals surface area contributed by atoms with E-state index in [-0.39, 0.29) is 11.9 Å². The van der Waals surface area contributed by atoms with Crippen LogP contribution in [0.1, 0.15) is 28.6 Å². The van der Waals surface area contributed by atoms with E-state index in [1.165, 1.54) is 4.80 Å². The molecule has 30 heavy (non-hydrogen) atoms. The predicted molar refractivity (Wildman–Crippen MR) is 109 cm³/mol. The van der Waals surface area contributed by atoms with Crippen molar-refractivity contribution in [3.8, 4) is 11.4 Å². The van der Waals surface area contributed by atoms with Gasteiger partial charge in [-0.3, -0.25) is 4.79 Å². The number of aromatic nitrogens is 5. The molecule has 6 rings (SSSR count). The van der Waals surface area contributed by atoms with Crippen LogP contribution >= 0.6 is 0 Å². The number of hydrogen-bond acceptors (Lipinski definition) is 5. The van der Waals surface area contributed by atoms with Crippen molar-refractivity contribution in [2.24, 2.45) is 11.8 Å². The molecule has 8 heteroatoms. The van der Waals surface area contributed by atoms with Gasteiger partial charge in [-0.1, -0.05) is 12.1 Å². The minimum absolute atomic E-state index is 0.0156. The summed E-state index contributed by atoms with van der Waals surface area (Å²) in [7, 11) is 1.65. The van der Waals surface area contributed by atoms with E-state index in [2.05, 4.69) is 15.2 Å². The molecule has 0 spiro atoms. The number of nitrogens with one attached hydrogen (secondary N) is 1. The molecule has 3 heterocycles. The summed E-state index contributed by atoms with van der Waals surface area (Å²) in [4.78, 5) is 25.3. The summed E-state index contributed by atoms with van der Waals surface area (Å²) in [6, 6.07) is 13.2. The molecule has 2 aromatic carbocycles. The van der Waals surface area contributed by atoms with Crippen LogP contribution < -0.4 is 4.74 Å². The molecule has 1 aliphatic carbocycles. The lowest BCUT2D eigenvalue weighted by Crippen LogP contribution is -2.34. The van der Waals surface area contributed by atoms with Gasteiger partial charge in [0.25, 0.3) is 5.91 Å². The van der Waals surface area contributed by atoms with Crippen LogP contribution in [0.5, 0.6) is 5.75 Å². The highest BCUT2D eigenvalue weighted by atomic mass is 16.5. The van der Waals surface area contributed by atoms with Gasteiger partial charge in [-0.05, 0) is 42.5 Å². The molecule has 0 unspecified atom stereocenters. The minimum atomic E-state index is -0.0560. The molecule has 3 atom stereocenters. The van der Waals surface area contributed by atoms with Crippen LogP contribution in [0.15, 0.2) is 54.9 Å². The number of nitrogens with zero attached hydrogens (tertiary/aromatic N) is 5. The molecule has 4 aromatic rings. The van der Waals surface area contributed by atoms with Crippen molar-refractivity contribution in [1.29, 1.82) is 0 Å². The Morgan fingerprint density at radius 1 is 1.17 bits per heavy atom. The minimum Gasteiger partial charge on any atom is -0.497 e. The van der Waals surface area contributed by atoms with Crippen LogP contribution in [0.4, 0.5) is 0 Å². The number of H-pyrrole nitrogens is 1. The Morgan fingerprint density at radius 3 is 2.83 bits per heavy atom. The van der Waals surface area contributed by atoms with Crippen molar-refractivity contribution in [3.63, 3.8) is 0 Å². The highest BCUT2D eigenvalue weighted by Gasteiger charge is 2.55. The van der Waals surface area contributed by atoms with Gasteiger partial charge in [0.15, 0.2) is 0 Å². The molecule has 2 fully saturated rings. The second kappa shape index (κ2) is 6.41. The van der Waals surface area contributed by atoms with Crippen molar-refractivity contribution in [2.75, 3.05) is 13.7 Å². The summed E-state index contributed by atoms with van der Waals surface area (Å²) in [5.74, 6) is 2.59. The highest BCUT2D eigenvalue weighted by molar-refractivity contribution is 5.98. The normalized spacial score (nSPS) is 22.3. The Hall–Kier alpha value is -3.68. The topological polar surface area (TPSA) is 88.9 Å².